The summed E-state index contributed by atoms with van der Waals surface area (Å²) in [5.74, 6) is 0.693. The van der Waals surface area contributed by atoms with Crippen LogP contribution in [0.15, 0.2) is 24.3 Å². The summed E-state index contributed by atoms with van der Waals surface area (Å²) in [6, 6.07) is 6.74. The molecule has 0 heterocycles. The van der Waals surface area contributed by atoms with Crippen molar-refractivity contribution in [3.05, 3.63) is 39.9 Å². The molecule has 0 atom stereocenters. The van der Waals surface area contributed by atoms with Gasteiger partial charge in [-0.3, -0.25) is 10.1 Å². The number of nitrogens with one attached hydrogen (secondary N) is 1. The largest absolute Gasteiger partial charge is 0.312 e. The maximum Gasteiger partial charge on any atom is 0.269 e. The molecule has 0 radical (unpaired) electrons. The zero-order chi connectivity index (χ0) is 14.3. The van der Waals surface area contributed by atoms with E-state index in [1.807, 2.05) is 12.1 Å². The topological polar surface area (TPSA) is 55.2 Å². The molecule has 0 saturated heterocycles. The Bertz CT molecular complexity index is 463. The third kappa shape index (κ3) is 2.50. The van der Waals surface area contributed by atoms with Gasteiger partial charge in [0.1, 0.15) is 0 Å². The van der Waals surface area contributed by atoms with Gasteiger partial charge in [0.15, 0.2) is 0 Å². The van der Waals surface area contributed by atoms with E-state index in [1.54, 1.807) is 12.1 Å². The molecule has 1 aromatic carbocycles. The normalized spacial score (nSPS) is 20.2. The fourth-order valence-corrected chi connectivity index (χ4v) is 2.94. The van der Waals surface area contributed by atoms with Crippen molar-refractivity contribution in [1.29, 1.82) is 0 Å². The van der Waals surface area contributed by atoms with Crippen LogP contribution in [0.5, 0.6) is 0 Å². The molecular formula is C15H22N2O2. The summed E-state index contributed by atoms with van der Waals surface area (Å²) in [5.41, 5.74) is 2.03. The zero-order valence-electron chi connectivity index (χ0n) is 12.1. The van der Waals surface area contributed by atoms with E-state index in [9.17, 15) is 10.1 Å². The Balaban J connectivity index is 1.83. The molecule has 0 amide bonds. The lowest BCUT2D eigenvalue weighted by atomic mass is 10.0. The lowest BCUT2D eigenvalue weighted by Gasteiger charge is -2.06. The molecule has 0 bridgehead atoms. The molecule has 104 valence electrons. The van der Waals surface area contributed by atoms with Crippen LogP contribution in [0, 0.1) is 26.9 Å². The Morgan fingerprint density at radius 2 is 1.68 bits per heavy atom. The second kappa shape index (κ2) is 4.60. The summed E-state index contributed by atoms with van der Waals surface area (Å²) >= 11 is 0. The SMILES string of the molecule is CC1(C)C(CNCc2ccc([N+](=O)[O-])cc2)C1(C)C. The molecule has 0 aliphatic heterocycles. The first-order chi connectivity index (χ1) is 8.76. The minimum atomic E-state index is -0.369. The summed E-state index contributed by atoms with van der Waals surface area (Å²) in [4.78, 5) is 10.2. The van der Waals surface area contributed by atoms with Crippen LogP contribution in [0.25, 0.3) is 0 Å². The van der Waals surface area contributed by atoms with E-state index in [0.29, 0.717) is 16.7 Å². The molecule has 1 aliphatic rings. The molecule has 1 saturated carbocycles. The number of hydrogen-bond acceptors (Lipinski definition) is 3. The van der Waals surface area contributed by atoms with Gasteiger partial charge in [-0.1, -0.05) is 39.8 Å². The van der Waals surface area contributed by atoms with Crippen LogP contribution in [0.3, 0.4) is 0 Å². The van der Waals surface area contributed by atoms with Crippen LogP contribution in [0.1, 0.15) is 33.3 Å². The highest BCUT2D eigenvalue weighted by Crippen LogP contribution is 2.67. The standard InChI is InChI=1S/C15H22N2O2/c1-14(2)13(15(14,3)4)10-16-9-11-5-7-12(8-6-11)17(18)19/h5-8,13,16H,9-10H2,1-4H3. The summed E-state index contributed by atoms with van der Waals surface area (Å²) < 4.78 is 0. The Morgan fingerprint density at radius 1 is 1.16 bits per heavy atom. The predicted octanol–water partition coefficient (Wildman–Crippen LogP) is 3.37. The Hall–Kier alpha value is -1.42. The van der Waals surface area contributed by atoms with Crippen LogP contribution < -0.4 is 5.32 Å². The van der Waals surface area contributed by atoms with Crippen molar-refractivity contribution in [2.24, 2.45) is 16.7 Å². The highest BCUT2D eigenvalue weighted by atomic mass is 16.6. The number of nitro groups is 1. The quantitative estimate of drug-likeness (QED) is 0.654. The van der Waals surface area contributed by atoms with Gasteiger partial charge in [0, 0.05) is 18.7 Å². The maximum absolute atomic E-state index is 10.6. The lowest BCUT2D eigenvalue weighted by Crippen LogP contribution is -2.18. The van der Waals surface area contributed by atoms with Crippen molar-refractivity contribution in [3.8, 4) is 0 Å². The van der Waals surface area contributed by atoms with Gasteiger partial charge >= 0.3 is 0 Å². The first-order valence-corrected chi connectivity index (χ1v) is 6.71. The Morgan fingerprint density at radius 3 is 2.11 bits per heavy atom. The fraction of sp³-hybridized carbons (Fsp3) is 0.600. The first kappa shape index (κ1) is 14.0. The number of rotatable bonds is 5. The van der Waals surface area contributed by atoms with Crippen LogP contribution >= 0.6 is 0 Å². The van der Waals surface area contributed by atoms with Crippen molar-refractivity contribution < 1.29 is 4.92 Å². The van der Waals surface area contributed by atoms with Crippen LogP contribution in [0.2, 0.25) is 0 Å². The molecule has 1 N–H and O–H groups in total. The average molecular weight is 262 g/mol. The van der Waals surface area contributed by atoms with Gasteiger partial charge in [-0.25, -0.2) is 0 Å². The van der Waals surface area contributed by atoms with Crippen LogP contribution in [-0.4, -0.2) is 11.5 Å². The van der Waals surface area contributed by atoms with Crippen LogP contribution in [0.4, 0.5) is 5.69 Å². The number of benzene rings is 1. The van der Waals surface area contributed by atoms with Gasteiger partial charge in [-0.15, -0.1) is 0 Å². The fourth-order valence-electron chi connectivity index (χ4n) is 2.94. The van der Waals surface area contributed by atoms with Gasteiger partial charge in [0.05, 0.1) is 4.92 Å². The van der Waals surface area contributed by atoms with Gasteiger partial charge in [-0.05, 0) is 28.9 Å². The minimum Gasteiger partial charge on any atom is -0.312 e. The summed E-state index contributed by atoms with van der Waals surface area (Å²) in [5, 5.41) is 14.0. The van der Waals surface area contributed by atoms with E-state index in [4.69, 9.17) is 0 Å². The number of nitrogens with zero attached hydrogens (tertiary/aromatic N) is 1. The first-order valence-electron chi connectivity index (χ1n) is 6.71. The minimum absolute atomic E-state index is 0.146. The third-order valence-electron chi connectivity index (χ3n) is 5.14. The maximum atomic E-state index is 10.6. The smallest absolute Gasteiger partial charge is 0.269 e. The van der Waals surface area contributed by atoms with Crippen molar-refractivity contribution in [2.75, 3.05) is 6.54 Å². The van der Waals surface area contributed by atoms with E-state index in [0.717, 1.165) is 18.7 Å². The molecule has 4 nitrogen and oxygen atoms in total. The Labute approximate surface area is 114 Å². The van der Waals surface area contributed by atoms with Crippen molar-refractivity contribution in [1.82, 2.24) is 5.32 Å². The Kier molecular flexibility index (Phi) is 3.39. The van der Waals surface area contributed by atoms with E-state index < -0.39 is 0 Å². The molecule has 19 heavy (non-hydrogen) atoms. The van der Waals surface area contributed by atoms with E-state index >= 15 is 0 Å². The van der Waals surface area contributed by atoms with Crippen molar-refractivity contribution in [3.63, 3.8) is 0 Å². The number of nitro benzene ring substituents is 1. The molecule has 2 rings (SSSR count). The molecule has 0 unspecified atom stereocenters. The van der Waals surface area contributed by atoms with Crippen molar-refractivity contribution >= 4 is 5.69 Å². The average Bonchev–Trinajstić information content (AvgIpc) is 2.72. The predicted molar refractivity (Wildman–Crippen MR) is 75.9 cm³/mol. The third-order valence-corrected chi connectivity index (χ3v) is 5.14. The number of hydrogen-bond donors (Lipinski definition) is 1. The van der Waals surface area contributed by atoms with Crippen LogP contribution in [-0.2, 0) is 6.54 Å². The van der Waals surface area contributed by atoms with E-state index in [-0.39, 0.29) is 10.6 Å². The zero-order valence-corrected chi connectivity index (χ0v) is 12.1. The second-order valence-electron chi connectivity index (χ2n) is 6.55. The summed E-state index contributed by atoms with van der Waals surface area (Å²) in [6.45, 7) is 11.0. The van der Waals surface area contributed by atoms with Crippen molar-refractivity contribution in [2.45, 2.75) is 34.2 Å². The lowest BCUT2D eigenvalue weighted by molar-refractivity contribution is -0.384. The second-order valence-corrected chi connectivity index (χ2v) is 6.55. The highest BCUT2D eigenvalue weighted by Gasteiger charge is 2.63. The van der Waals surface area contributed by atoms with Gasteiger partial charge in [-0.2, -0.15) is 0 Å². The molecule has 0 spiro atoms. The van der Waals surface area contributed by atoms with Gasteiger partial charge in [0.2, 0.25) is 0 Å². The molecule has 1 fully saturated rings. The molecule has 1 aliphatic carbocycles. The van der Waals surface area contributed by atoms with E-state index in [2.05, 4.69) is 33.0 Å². The van der Waals surface area contributed by atoms with E-state index in [1.165, 1.54) is 0 Å². The molecule has 1 aromatic rings. The molecular weight excluding hydrogens is 240 g/mol. The van der Waals surface area contributed by atoms with Gasteiger partial charge in [0.25, 0.3) is 5.69 Å². The molecule has 4 heteroatoms. The highest BCUT2D eigenvalue weighted by molar-refractivity contribution is 5.32. The molecule has 0 aromatic heterocycles. The summed E-state index contributed by atoms with van der Waals surface area (Å²) in [7, 11) is 0. The summed E-state index contributed by atoms with van der Waals surface area (Å²) in [6.07, 6.45) is 0. The van der Waals surface area contributed by atoms with Gasteiger partial charge < -0.3 is 5.32 Å². The monoisotopic (exact) mass is 262 g/mol. The number of non-ortho nitro benzene ring substituents is 1.